The Hall–Kier alpha value is -6.08. The standard InChI is InChI=1S/C44H50O26/c1-61-22-7-15(8-23(62-2)29(22)52)3-6-27(51)68-40-35(58)31(54)25(13-46)66-43(40)70-41-36(59)32(55)26(14-47)67-44(41)69-39-33(56)28-20(50)10-17(63-42-37(60)34(57)30(53)24(12-45)65-42)11-21(28)64-38(39)16-4-5-18(48)19(49)9-16/h3-11,24-26,30-32,34-37,40-50,52-55,57-60H,12-14H2,1-2H3. The van der Waals surface area contributed by atoms with E-state index in [9.17, 15) is 81.1 Å². The van der Waals surface area contributed by atoms with Gasteiger partial charge >= 0.3 is 5.97 Å². The Morgan fingerprint density at radius 2 is 1.20 bits per heavy atom. The van der Waals surface area contributed by atoms with Gasteiger partial charge in [0.25, 0.3) is 0 Å². The summed E-state index contributed by atoms with van der Waals surface area (Å²) in [5.41, 5.74) is -1.66. The highest BCUT2D eigenvalue weighted by Crippen LogP contribution is 2.42. The molecule has 14 N–H and O–H groups in total. The molecule has 0 spiro atoms. The minimum Gasteiger partial charge on any atom is -0.507 e. The first kappa shape index (κ1) is 51.8. The van der Waals surface area contributed by atoms with Crippen LogP contribution in [0.5, 0.6) is 46.0 Å². The summed E-state index contributed by atoms with van der Waals surface area (Å²) in [6, 6.07) is 7.61. The van der Waals surface area contributed by atoms with Gasteiger partial charge in [0.15, 0.2) is 47.3 Å². The van der Waals surface area contributed by atoms with Crippen molar-refractivity contribution in [1.82, 2.24) is 0 Å². The number of benzene rings is 3. The SMILES string of the molecule is COc1cc(C=CC(=O)OC2C(OC3C(Oc4c(-c5ccc(O)c(O)c5)oc5cc(OC6OC(CO)C(O)C(O)C6O)cc(O)c5c4=O)OC(CO)C(O)C3O)OC(CO)C(O)C2O)cc(OC)c1O. The number of ether oxygens (including phenoxy) is 9. The zero-order chi connectivity index (χ0) is 50.9. The summed E-state index contributed by atoms with van der Waals surface area (Å²) in [5, 5.41) is 147. The Balaban J connectivity index is 1.26. The van der Waals surface area contributed by atoms with Crippen LogP contribution in [0.15, 0.2) is 57.8 Å². The summed E-state index contributed by atoms with van der Waals surface area (Å²) in [6.45, 7) is -2.75. The van der Waals surface area contributed by atoms with Gasteiger partial charge < -0.3 is 119 Å². The lowest BCUT2D eigenvalue weighted by molar-refractivity contribution is -0.358. The number of rotatable bonds is 15. The maximum atomic E-state index is 14.6. The highest BCUT2D eigenvalue weighted by Gasteiger charge is 2.53. The van der Waals surface area contributed by atoms with Gasteiger partial charge in [-0.05, 0) is 42.0 Å². The van der Waals surface area contributed by atoms with Gasteiger partial charge in [-0.2, -0.15) is 0 Å². The van der Waals surface area contributed by atoms with Gasteiger partial charge in [-0.15, -0.1) is 0 Å². The number of hydrogen-bond donors (Lipinski definition) is 14. The van der Waals surface area contributed by atoms with Crippen LogP contribution in [0.4, 0.5) is 0 Å². The Morgan fingerprint density at radius 1 is 0.629 bits per heavy atom. The molecule has 3 fully saturated rings. The molecule has 3 saturated heterocycles. The number of aliphatic hydroxyl groups is 10. The molecule has 382 valence electrons. The van der Waals surface area contributed by atoms with Gasteiger partial charge in [-0.25, -0.2) is 4.79 Å². The van der Waals surface area contributed by atoms with Crippen molar-refractivity contribution < 1.29 is 123 Å². The number of carbonyl (C=O) groups is 1. The maximum absolute atomic E-state index is 14.6. The molecule has 26 heteroatoms. The predicted octanol–water partition coefficient (Wildman–Crippen LogP) is -3.25. The zero-order valence-electron chi connectivity index (χ0n) is 36.6. The van der Waals surface area contributed by atoms with Crippen molar-refractivity contribution in [1.29, 1.82) is 0 Å². The predicted molar refractivity (Wildman–Crippen MR) is 228 cm³/mol. The summed E-state index contributed by atoms with van der Waals surface area (Å²) in [4.78, 5) is 27.8. The zero-order valence-corrected chi connectivity index (χ0v) is 36.6. The summed E-state index contributed by atoms with van der Waals surface area (Å²) >= 11 is 0. The Bertz CT molecular complexity index is 2560. The fourth-order valence-corrected chi connectivity index (χ4v) is 7.79. The quantitative estimate of drug-likeness (QED) is 0.0316. The molecular formula is C44H50O26. The second-order valence-corrected chi connectivity index (χ2v) is 16.1. The average Bonchev–Trinajstić information content (AvgIpc) is 3.34. The molecule has 4 heterocycles. The van der Waals surface area contributed by atoms with Crippen LogP contribution in [0.2, 0.25) is 0 Å². The normalized spacial score (nSPS) is 31.3. The van der Waals surface area contributed by atoms with Crippen LogP contribution >= 0.6 is 0 Å². The van der Waals surface area contributed by atoms with Crippen LogP contribution in [-0.4, -0.2) is 204 Å². The maximum Gasteiger partial charge on any atom is 0.331 e. The van der Waals surface area contributed by atoms with Crippen molar-refractivity contribution in [3.8, 4) is 57.3 Å². The third-order valence-corrected chi connectivity index (χ3v) is 11.6. The summed E-state index contributed by atoms with van der Waals surface area (Å²) in [5.74, 6) is -5.68. The van der Waals surface area contributed by atoms with E-state index in [-0.39, 0.29) is 34.1 Å². The summed E-state index contributed by atoms with van der Waals surface area (Å²) < 4.78 is 56.2. The fraction of sp³-hybridized carbons (Fsp3) is 0.455. The summed E-state index contributed by atoms with van der Waals surface area (Å²) in [6.07, 6.45) is -26.5. The molecule has 0 amide bonds. The number of fused-ring (bicyclic) bond motifs is 1. The van der Waals surface area contributed by atoms with Crippen LogP contribution < -0.4 is 24.4 Å². The molecule has 15 unspecified atom stereocenters. The lowest BCUT2D eigenvalue weighted by Gasteiger charge is -2.46. The third-order valence-electron chi connectivity index (χ3n) is 11.6. The van der Waals surface area contributed by atoms with E-state index in [1.807, 2.05) is 0 Å². The first-order valence-corrected chi connectivity index (χ1v) is 21.1. The second-order valence-electron chi connectivity index (χ2n) is 16.1. The molecule has 4 aromatic rings. The van der Waals surface area contributed by atoms with Gasteiger partial charge in [-0.3, -0.25) is 4.79 Å². The van der Waals surface area contributed by atoms with Crippen molar-refractivity contribution in [3.05, 3.63) is 64.3 Å². The van der Waals surface area contributed by atoms with Crippen LogP contribution in [-0.2, 0) is 28.5 Å². The molecule has 1 aromatic heterocycles. The molecule has 26 nitrogen and oxygen atoms in total. The lowest BCUT2D eigenvalue weighted by Crippen LogP contribution is -2.65. The molecule has 0 saturated carbocycles. The van der Waals surface area contributed by atoms with Gasteiger partial charge in [-0.1, -0.05) is 0 Å². The molecule has 7 rings (SSSR count). The molecule has 3 aliphatic heterocycles. The first-order chi connectivity index (χ1) is 33.3. The number of phenols is 4. The Morgan fingerprint density at radius 3 is 1.79 bits per heavy atom. The van der Waals surface area contributed by atoms with E-state index < -0.39 is 163 Å². The van der Waals surface area contributed by atoms with Gasteiger partial charge in [0.2, 0.25) is 29.5 Å². The number of methoxy groups -OCH3 is 2. The van der Waals surface area contributed by atoms with Gasteiger partial charge in [0.1, 0.15) is 83.5 Å². The van der Waals surface area contributed by atoms with E-state index in [0.717, 1.165) is 36.4 Å². The molecular weight excluding hydrogens is 944 g/mol. The minimum absolute atomic E-state index is 0.0220. The van der Waals surface area contributed by atoms with Crippen molar-refractivity contribution in [3.63, 3.8) is 0 Å². The number of aromatic hydroxyl groups is 4. The number of carbonyl (C=O) groups excluding carboxylic acids is 1. The van der Waals surface area contributed by atoms with Crippen LogP contribution in [0.1, 0.15) is 5.56 Å². The van der Waals surface area contributed by atoms with E-state index in [4.69, 9.17) is 47.0 Å². The topological polar surface area (TPSA) is 414 Å². The Labute approximate surface area is 393 Å². The monoisotopic (exact) mass is 994 g/mol. The Kier molecular flexibility index (Phi) is 15.9. The fourth-order valence-electron chi connectivity index (χ4n) is 7.79. The minimum atomic E-state index is -2.17. The molecule has 0 bridgehead atoms. The largest absolute Gasteiger partial charge is 0.507 e. The average molecular weight is 995 g/mol. The molecule has 0 radical (unpaired) electrons. The van der Waals surface area contributed by atoms with E-state index in [0.29, 0.717) is 0 Å². The smallest absolute Gasteiger partial charge is 0.331 e. The summed E-state index contributed by atoms with van der Waals surface area (Å²) in [7, 11) is 2.54. The molecule has 3 aromatic carbocycles. The number of phenolic OH excluding ortho intramolecular Hbond substituents is 4. The van der Waals surface area contributed by atoms with Crippen LogP contribution in [0.25, 0.3) is 28.4 Å². The second kappa shape index (κ2) is 21.5. The molecule has 0 aliphatic carbocycles. The molecule has 15 atom stereocenters. The number of esters is 1. The van der Waals surface area contributed by atoms with E-state index in [1.54, 1.807) is 0 Å². The van der Waals surface area contributed by atoms with E-state index in [1.165, 1.54) is 32.4 Å². The number of hydrogen-bond acceptors (Lipinski definition) is 26. The highest BCUT2D eigenvalue weighted by atomic mass is 16.8. The molecule has 3 aliphatic rings. The van der Waals surface area contributed by atoms with E-state index in [2.05, 4.69) is 0 Å². The van der Waals surface area contributed by atoms with Crippen molar-refractivity contribution >= 4 is 23.0 Å². The third kappa shape index (κ3) is 10.2. The van der Waals surface area contributed by atoms with Gasteiger partial charge in [0, 0.05) is 23.8 Å². The van der Waals surface area contributed by atoms with Crippen molar-refractivity contribution in [2.24, 2.45) is 0 Å². The first-order valence-electron chi connectivity index (χ1n) is 21.1. The number of aliphatic hydroxyl groups excluding tert-OH is 10. The highest BCUT2D eigenvalue weighted by molar-refractivity contribution is 5.89. The van der Waals surface area contributed by atoms with E-state index >= 15 is 0 Å². The van der Waals surface area contributed by atoms with Crippen molar-refractivity contribution in [2.75, 3.05) is 34.0 Å². The lowest BCUT2D eigenvalue weighted by atomic mass is 9.97. The molecule has 70 heavy (non-hydrogen) atoms. The van der Waals surface area contributed by atoms with Crippen molar-refractivity contribution in [2.45, 2.75) is 92.1 Å². The van der Waals surface area contributed by atoms with Crippen LogP contribution in [0, 0.1) is 0 Å². The van der Waals surface area contributed by atoms with Crippen LogP contribution in [0.3, 0.4) is 0 Å². The van der Waals surface area contributed by atoms with Gasteiger partial charge in [0.05, 0.1) is 34.0 Å².